The molecule has 0 aliphatic carbocycles. The number of carbonyl (C=O) groups excluding carboxylic acids is 2. The first kappa shape index (κ1) is 25.3. The van der Waals surface area contributed by atoms with E-state index in [0.29, 0.717) is 21.4 Å². The maximum Gasteiger partial charge on any atom is 0.257 e. The van der Waals surface area contributed by atoms with E-state index in [4.69, 9.17) is 23.2 Å². The minimum atomic E-state index is -0.324. The summed E-state index contributed by atoms with van der Waals surface area (Å²) in [6.07, 6.45) is 0. The molecule has 0 aliphatic heterocycles. The molecule has 0 radical (unpaired) electrons. The SMILES string of the molecule is Cc1ccc(-c2nc(NC(=O)CSc3ccc(NC(=O)c4ccc(Cl)cc4Cl)cc3)sc2C)cc1. The minimum Gasteiger partial charge on any atom is -0.322 e. The van der Waals surface area contributed by atoms with Crippen LogP contribution in [0.5, 0.6) is 0 Å². The van der Waals surface area contributed by atoms with Gasteiger partial charge in [0.05, 0.1) is 22.0 Å². The number of hydrogen-bond donors (Lipinski definition) is 2. The molecule has 0 aliphatic rings. The molecule has 0 bridgehead atoms. The highest BCUT2D eigenvalue weighted by Gasteiger charge is 2.13. The second-order valence-electron chi connectivity index (χ2n) is 7.73. The number of anilines is 2. The van der Waals surface area contributed by atoms with Crippen molar-refractivity contribution in [2.45, 2.75) is 18.7 Å². The van der Waals surface area contributed by atoms with Gasteiger partial charge in [-0.25, -0.2) is 4.98 Å². The smallest absolute Gasteiger partial charge is 0.257 e. The molecule has 0 spiro atoms. The molecule has 3 aromatic carbocycles. The molecular weight excluding hydrogens is 521 g/mol. The van der Waals surface area contributed by atoms with E-state index < -0.39 is 0 Å². The first-order chi connectivity index (χ1) is 16.8. The molecule has 0 fully saturated rings. The van der Waals surface area contributed by atoms with Crippen LogP contribution in [0, 0.1) is 13.8 Å². The number of nitrogens with zero attached hydrogens (tertiary/aromatic N) is 1. The summed E-state index contributed by atoms with van der Waals surface area (Å²) >= 11 is 14.8. The van der Waals surface area contributed by atoms with Gasteiger partial charge >= 0.3 is 0 Å². The number of aromatic nitrogens is 1. The van der Waals surface area contributed by atoms with E-state index in [2.05, 4.69) is 15.6 Å². The van der Waals surface area contributed by atoms with Crippen molar-refractivity contribution in [1.29, 1.82) is 0 Å². The average Bonchev–Trinajstić information content (AvgIpc) is 3.18. The summed E-state index contributed by atoms with van der Waals surface area (Å²) in [6.45, 7) is 4.04. The molecule has 2 amide bonds. The lowest BCUT2D eigenvalue weighted by Crippen LogP contribution is -2.14. The van der Waals surface area contributed by atoms with Crippen LogP contribution >= 0.6 is 46.3 Å². The molecule has 0 saturated carbocycles. The molecule has 4 rings (SSSR count). The Morgan fingerprint density at radius 1 is 0.943 bits per heavy atom. The van der Waals surface area contributed by atoms with Gasteiger partial charge in [0.2, 0.25) is 5.91 Å². The molecule has 0 unspecified atom stereocenters. The number of amides is 2. The number of nitrogens with one attached hydrogen (secondary N) is 2. The number of halogens is 2. The maximum atomic E-state index is 12.5. The fraction of sp³-hybridized carbons (Fsp3) is 0.115. The topological polar surface area (TPSA) is 71.1 Å². The number of rotatable bonds is 7. The summed E-state index contributed by atoms with van der Waals surface area (Å²) in [5.74, 6) is -0.214. The van der Waals surface area contributed by atoms with Crippen molar-refractivity contribution in [3.05, 3.63) is 92.8 Å². The van der Waals surface area contributed by atoms with Crippen LogP contribution in [0.25, 0.3) is 11.3 Å². The zero-order valence-corrected chi connectivity index (χ0v) is 22.0. The number of thiazole rings is 1. The standard InChI is InChI=1S/C26H21Cl2N3O2S2/c1-15-3-5-17(6-4-15)24-16(2)35-26(31-24)30-23(32)14-34-20-10-8-19(9-11-20)29-25(33)21-12-7-18(27)13-22(21)28/h3-13H,14H2,1-2H3,(H,29,33)(H,30,31,32). The van der Waals surface area contributed by atoms with Crippen molar-refractivity contribution in [3.63, 3.8) is 0 Å². The number of thioether (sulfide) groups is 1. The van der Waals surface area contributed by atoms with E-state index in [1.807, 2.05) is 50.2 Å². The van der Waals surface area contributed by atoms with Crippen LogP contribution < -0.4 is 10.6 Å². The van der Waals surface area contributed by atoms with E-state index in [-0.39, 0.29) is 22.6 Å². The van der Waals surface area contributed by atoms with Gasteiger partial charge in [-0.3, -0.25) is 9.59 Å². The number of benzene rings is 3. The molecule has 35 heavy (non-hydrogen) atoms. The quantitative estimate of drug-likeness (QED) is 0.235. The van der Waals surface area contributed by atoms with E-state index in [9.17, 15) is 9.59 Å². The van der Waals surface area contributed by atoms with Crippen molar-refractivity contribution in [1.82, 2.24) is 4.98 Å². The van der Waals surface area contributed by atoms with Crippen molar-refractivity contribution >= 4 is 68.9 Å². The second kappa shape index (κ2) is 11.3. The van der Waals surface area contributed by atoms with E-state index in [1.54, 1.807) is 24.3 Å². The van der Waals surface area contributed by atoms with Gasteiger partial charge in [-0.05, 0) is 56.3 Å². The molecule has 9 heteroatoms. The molecular formula is C26H21Cl2N3O2S2. The van der Waals surface area contributed by atoms with Crippen molar-refractivity contribution in [3.8, 4) is 11.3 Å². The highest BCUT2D eigenvalue weighted by Crippen LogP contribution is 2.31. The highest BCUT2D eigenvalue weighted by atomic mass is 35.5. The fourth-order valence-electron chi connectivity index (χ4n) is 3.24. The molecule has 0 saturated heterocycles. The molecule has 0 atom stereocenters. The van der Waals surface area contributed by atoms with Crippen LogP contribution in [0.1, 0.15) is 20.8 Å². The molecule has 5 nitrogen and oxygen atoms in total. The van der Waals surface area contributed by atoms with Gasteiger partial charge in [-0.2, -0.15) is 0 Å². The average molecular weight is 543 g/mol. The normalized spacial score (nSPS) is 10.7. The summed E-state index contributed by atoms with van der Waals surface area (Å²) in [4.78, 5) is 31.5. The van der Waals surface area contributed by atoms with Crippen LogP contribution in [-0.4, -0.2) is 22.6 Å². The van der Waals surface area contributed by atoms with Gasteiger partial charge < -0.3 is 10.6 Å². The Hall–Kier alpha value is -2.84. The van der Waals surface area contributed by atoms with Crippen molar-refractivity contribution < 1.29 is 9.59 Å². The number of hydrogen-bond acceptors (Lipinski definition) is 5. The van der Waals surface area contributed by atoms with Crippen LogP contribution in [0.15, 0.2) is 71.6 Å². The Kier molecular flexibility index (Phi) is 8.13. The monoisotopic (exact) mass is 541 g/mol. The minimum absolute atomic E-state index is 0.131. The van der Waals surface area contributed by atoms with Crippen molar-refractivity contribution in [2.24, 2.45) is 0 Å². The molecule has 2 N–H and O–H groups in total. The van der Waals surface area contributed by atoms with Gasteiger partial charge in [-0.15, -0.1) is 23.1 Å². The van der Waals surface area contributed by atoms with Crippen LogP contribution in [0.2, 0.25) is 10.0 Å². The third kappa shape index (κ3) is 6.64. The maximum absolute atomic E-state index is 12.5. The largest absolute Gasteiger partial charge is 0.322 e. The van der Waals surface area contributed by atoms with Crippen LogP contribution in [0.3, 0.4) is 0 Å². The van der Waals surface area contributed by atoms with Crippen LogP contribution in [-0.2, 0) is 4.79 Å². The van der Waals surface area contributed by atoms with E-state index in [1.165, 1.54) is 34.7 Å². The number of carbonyl (C=O) groups is 2. The summed E-state index contributed by atoms with van der Waals surface area (Å²) in [5.41, 5.74) is 4.07. The van der Waals surface area contributed by atoms with Gasteiger partial charge in [0.25, 0.3) is 5.91 Å². The fourth-order valence-corrected chi connectivity index (χ4v) is 5.28. The van der Waals surface area contributed by atoms with E-state index >= 15 is 0 Å². The van der Waals surface area contributed by atoms with Gasteiger partial charge in [0.1, 0.15) is 0 Å². The zero-order chi connectivity index (χ0) is 24.9. The second-order valence-corrected chi connectivity index (χ2v) is 10.8. The Morgan fingerprint density at radius 2 is 1.66 bits per heavy atom. The summed E-state index contributed by atoms with van der Waals surface area (Å²) in [5, 5.41) is 7.03. The first-order valence-electron chi connectivity index (χ1n) is 10.6. The van der Waals surface area contributed by atoms with Crippen molar-refractivity contribution in [2.75, 3.05) is 16.4 Å². The Morgan fingerprint density at radius 3 is 2.34 bits per heavy atom. The van der Waals surface area contributed by atoms with Crippen LogP contribution in [0.4, 0.5) is 10.8 Å². The van der Waals surface area contributed by atoms with E-state index in [0.717, 1.165) is 21.0 Å². The Labute approximate surface area is 221 Å². The molecule has 1 aromatic heterocycles. The lowest BCUT2D eigenvalue weighted by molar-refractivity contribution is -0.113. The first-order valence-corrected chi connectivity index (χ1v) is 13.2. The summed E-state index contributed by atoms with van der Waals surface area (Å²) < 4.78 is 0. The molecule has 1 heterocycles. The lowest BCUT2D eigenvalue weighted by Gasteiger charge is -2.08. The highest BCUT2D eigenvalue weighted by molar-refractivity contribution is 8.00. The number of aryl methyl sites for hydroxylation is 2. The Balaban J connectivity index is 1.30. The Bertz CT molecular complexity index is 1370. The third-order valence-electron chi connectivity index (χ3n) is 5.03. The van der Waals surface area contributed by atoms with Gasteiger partial charge in [0.15, 0.2) is 5.13 Å². The molecule has 178 valence electrons. The predicted octanol–water partition coefficient (Wildman–Crippen LogP) is 7.72. The summed E-state index contributed by atoms with van der Waals surface area (Å²) in [7, 11) is 0. The molecule has 4 aromatic rings. The third-order valence-corrected chi connectivity index (χ3v) is 7.47. The summed E-state index contributed by atoms with van der Waals surface area (Å²) in [6, 6.07) is 20.1. The van der Waals surface area contributed by atoms with Gasteiger partial charge in [0, 0.05) is 26.0 Å². The zero-order valence-electron chi connectivity index (χ0n) is 18.9. The predicted molar refractivity (Wildman–Crippen MR) is 147 cm³/mol. The van der Waals surface area contributed by atoms with Gasteiger partial charge in [-0.1, -0.05) is 53.0 Å². The lowest BCUT2D eigenvalue weighted by atomic mass is 10.1.